The van der Waals surface area contributed by atoms with Crippen molar-refractivity contribution in [3.8, 4) is 28.6 Å². The second-order valence-electron chi connectivity index (χ2n) is 10.4. The van der Waals surface area contributed by atoms with Crippen molar-refractivity contribution < 1.29 is 23.4 Å². The van der Waals surface area contributed by atoms with Crippen LogP contribution in [0, 0.1) is 18.6 Å². The van der Waals surface area contributed by atoms with Gasteiger partial charge >= 0.3 is 5.69 Å². The Morgan fingerprint density at radius 2 is 1.95 bits per heavy atom. The van der Waals surface area contributed by atoms with Gasteiger partial charge in [-0.3, -0.25) is 4.79 Å². The first-order chi connectivity index (χ1) is 20.0. The minimum Gasteiger partial charge on any atom is -0.507 e. The van der Waals surface area contributed by atoms with Gasteiger partial charge in [0.2, 0.25) is 11.8 Å². The Hall–Kier alpha value is -4.87. The number of benzene rings is 1. The van der Waals surface area contributed by atoms with Crippen molar-refractivity contribution >= 4 is 22.8 Å². The van der Waals surface area contributed by atoms with Crippen molar-refractivity contribution in [3.05, 3.63) is 76.9 Å². The summed E-state index contributed by atoms with van der Waals surface area (Å²) in [5, 5.41) is 10.6. The van der Waals surface area contributed by atoms with Gasteiger partial charge in [-0.05, 0) is 63.6 Å². The zero-order chi connectivity index (χ0) is 30.3. The lowest BCUT2D eigenvalue weighted by Gasteiger charge is -2.40. The number of ether oxygens (including phenoxy) is 1. The van der Waals surface area contributed by atoms with E-state index in [0.717, 1.165) is 12.1 Å². The first-order valence-electron chi connectivity index (χ1n) is 13.4. The van der Waals surface area contributed by atoms with E-state index in [4.69, 9.17) is 4.74 Å². The van der Waals surface area contributed by atoms with Crippen molar-refractivity contribution in [2.45, 2.75) is 39.8 Å². The Kier molecular flexibility index (Phi) is 7.63. The van der Waals surface area contributed by atoms with Gasteiger partial charge in [-0.25, -0.2) is 28.1 Å². The molecule has 1 aliphatic heterocycles. The molecule has 218 valence electrons. The number of aromatic hydroxyl groups is 1. The second kappa shape index (κ2) is 11.2. The van der Waals surface area contributed by atoms with E-state index >= 15 is 4.39 Å². The fourth-order valence-corrected chi connectivity index (χ4v) is 5.16. The van der Waals surface area contributed by atoms with Crippen LogP contribution in [0.3, 0.4) is 0 Å². The SMILES string of the molecule is C=CC(=O)N1CCN(c2nc(=O)n(-c3c(C)ccnc3OC(C)C)c3nc(-c4c(O)cccc4F)c(F)cc23)[C@@H](C)C1. The second-order valence-corrected chi connectivity index (χ2v) is 10.4. The summed E-state index contributed by atoms with van der Waals surface area (Å²) in [5.41, 5.74) is -0.860. The Morgan fingerprint density at radius 1 is 1.19 bits per heavy atom. The van der Waals surface area contributed by atoms with Crippen LogP contribution in [0.1, 0.15) is 26.3 Å². The highest BCUT2D eigenvalue weighted by atomic mass is 19.1. The molecule has 0 aliphatic carbocycles. The zero-order valence-electron chi connectivity index (χ0n) is 23.6. The maximum absolute atomic E-state index is 15.8. The van der Waals surface area contributed by atoms with E-state index in [2.05, 4.69) is 21.5 Å². The molecule has 12 heteroatoms. The molecule has 0 radical (unpaired) electrons. The maximum Gasteiger partial charge on any atom is 0.356 e. The number of nitrogens with zero attached hydrogens (tertiary/aromatic N) is 6. The summed E-state index contributed by atoms with van der Waals surface area (Å²) in [6.45, 7) is 11.7. The number of aryl methyl sites for hydroxylation is 1. The predicted octanol–water partition coefficient (Wildman–Crippen LogP) is 4.15. The van der Waals surface area contributed by atoms with Gasteiger partial charge in [0, 0.05) is 31.9 Å². The number of hydrogen-bond acceptors (Lipinski definition) is 8. The Morgan fingerprint density at radius 3 is 2.62 bits per heavy atom. The van der Waals surface area contributed by atoms with Crippen LogP contribution >= 0.6 is 0 Å². The molecule has 0 unspecified atom stereocenters. The summed E-state index contributed by atoms with van der Waals surface area (Å²) in [7, 11) is 0. The predicted molar refractivity (Wildman–Crippen MR) is 154 cm³/mol. The third-order valence-corrected chi connectivity index (χ3v) is 7.08. The number of amides is 1. The monoisotopic (exact) mass is 576 g/mol. The lowest BCUT2D eigenvalue weighted by Crippen LogP contribution is -2.54. The van der Waals surface area contributed by atoms with Crippen molar-refractivity contribution in [2.24, 2.45) is 0 Å². The number of anilines is 1. The topological polar surface area (TPSA) is 114 Å². The molecular weight excluding hydrogens is 546 g/mol. The summed E-state index contributed by atoms with van der Waals surface area (Å²) in [4.78, 5) is 42.7. The summed E-state index contributed by atoms with van der Waals surface area (Å²) in [5.74, 6) is -2.25. The van der Waals surface area contributed by atoms with Crippen molar-refractivity contribution in [1.82, 2.24) is 24.4 Å². The number of pyridine rings is 2. The number of hydrogen-bond donors (Lipinski definition) is 1. The number of aromatic nitrogens is 4. The fraction of sp³-hybridized carbons (Fsp3) is 0.300. The Labute approximate surface area is 240 Å². The number of phenolic OH excluding ortho intramolecular Hbond substituents is 1. The Bertz CT molecular complexity index is 1750. The van der Waals surface area contributed by atoms with Crippen molar-refractivity contribution in [1.29, 1.82) is 0 Å². The number of halogens is 2. The molecule has 5 rings (SSSR count). The highest BCUT2D eigenvalue weighted by Crippen LogP contribution is 2.37. The number of rotatable bonds is 6. The van der Waals surface area contributed by atoms with E-state index in [-0.39, 0.29) is 46.5 Å². The smallest absolute Gasteiger partial charge is 0.356 e. The molecule has 4 aromatic rings. The normalized spacial score (nSPS) is 15.4. The van der Waals surface area contributed by atoms with E-state index < -0.39 is 34.3 Å². The molecule has 0 bridgehead atoms. The lowest BCUT2D eigenvalue weighted by molar-refractivity contribution is -0.126. The van der Waals surface area contributed by atoms with Crippen molar-refractivity contribution in [2.75, 3.05) is 24.5 Å². The minimum atomic E-state index is -0.925. The minimum absolute atomic E-state index is 0.0365. The fourth-order valence-electron chi connectivity index (χ4n) is 5.16. The van der Waals surface area contributed by atoms with Crippen LogP contribution in [-0.4, -0.2) is 67.2 Å². The highest BCUT2D eigenvalue weighted by Gasteiger charge is 2.31. The largest absolute Gasteiger partial charge is 0.507 e. The highest BCUT2D eigenvalue weighted by molar-refractivity contribution is 5.91. The van der Waals surface area contributed by atoms with Crippen LogP contribution in [-0.2, 0) is 4.79 Å². The first kappa shape index (κ1) is 28.7. The van der Waals surface area contributed by atoms with E-state index in [9.17, 15) is 19.1 Å². The number of fused-ring (bicyclic) bond motifs is 1. The van der Waals surface area contributed by atoms with Crippen LogP contribution in [0.15, 0.2) is 54.0 Å². The molecule has 3 aromatic heterocycles. The summed E-state index contributed by atoms with van der Waals surface area (Å²) in [6, 6.07) is 6.10. The number of carbonyl (C=O) groups excluding carboxylic acids is 1. The molecular formula is C30H30F2N6O4. The molecule has 42 heavy (non-hydrogen) atoms. The molecule has 1 aromatic carbocycles. The zero-order valence-corrected chi connectivity index (χ0v) is 23.6. The van der Waals surface area contributed by atoms with Gasteiger partial charge in [-0.2, -0.15) is 4.98 Å². The third-order valence-electron chi connectivity index (χ3n) is 7.08. The molecule has 4 heterocycles. The molecule has 1 N–H and O–H groups in total. The van der Waals surface area contributed by atoms with E-state index in [0.29, 0.717) is 25.2 Å². The van der Waals surface area contributed by atoms with Gasteiger partial charge in [0.25, 0.3) is 0 Å². The standard InChI is InChI=1S/C30H30F2N6O4/c1-6-23(40)36-12-13-37(18(5)15-36)27-19-14-21(32)25(24-20(31)8-7-9-22(24)39)34-28(19)38(30(41)35-27)26-17(4)10-11-33-29(26)42-16(2)3/h6-11,14,16,18,39H,1,12-13,15H2,2-5H3/t18-/m0/s1. The molecule has 0 spiro atoms. The van der Waals surface area contributed by atoms with Crippen LogP contribution in [0.25, 0.3) is 28.0 Å². The molecule has 1 amide bonds. The molecule has 1 fully saturated rings. The first-order valence-corrected chi connectivity index (χ1v) is 13.4. The molecule has 10 nitrogen and oxygen atoms in total. The van der Waals surface area contributed by atoms with Gasteiger partial charge in [0.1, 0.15) is 28.8 Å². The average molecular weight is 577 g/mol. The maximum atomic E-state index is 15.8. The van der Waals surface area contributed by atoms with Gasteiger partial charge in [-0.15, -0.1) is 0 Å². The van der Waals surface area contributed by atoms with Crippen LogP contribution in [0.4, 0.5) is 14.6 Å². The molecule has 1 aliphatic rings. The summed E-state index contributed by atoms with van der Waals surface area (Å²) < 4.78 is 37.8. The molecule has 0 saturated carbocycles. The third kappa shape index (κ3) is 5.04. The van der Waals surface area contributed by atoms with Crippen LogP contribution in [0.2, 0.25) is 0 Å². The van der Waals surface area contributed by atoms with Gasteiger partial charge in [0.15, 0.2) is 11.5 Å². The average Bonchev–Trinajstić information content (AvgIpc) is 2.93. The molecule has 1 atom stereocenters. The van der Waals surface area contributed by atoms with Gasteiger partial charge < -0.3 is 19.6 Å². The van der Waals surface area contributed by atoms with E-state index in [1.807, 2.05) is 11.8 Å². The lowest BCUT2D eigenvalue weighted by atomic mass is 10.1. The number of piperazine rings is 1. The van der Waals surface area contributed by atoms with Crippen LogP contribution in [0.5, 0.6) is 11.6 Å². The van der Waals surface area contributed by atoms with Gasteiger partial charge in [-0.1, -0.05) is 12.6 Å². The molecule has 1 saturated heterocycles. The van der Waals surface area contributed by atoms with E-state index in [1.54, 1.807) is 31.7 Å². The summed E-state index contributed by atoms with van der Waals surface area (Å²) >= 11 is 0. The quantitative estimate of drug-likeness (QED) is 0.341. The van der Waals surface area contributed by atoms with Crippen LogP contribution < -0.4 is 15.3 Å². The van der Waals surface area contributed by atoms with Gasteiger partial charge in [0.05, 0.1) is 17.1 Å². The number of phenols is 1. The Balaban J connectivity index is 1.82. The van der Waals surface area contributed by atoms with E-state index in [1.165, 1.54) is 29.0 Å². The summed E-state index contributed by atoms with van der Waals surface area (Å²) in [6.07, 6.45) is 2.48. The number of carbonyl (C=O) groups is 1. The van der Waals surface area contributed by atoms with Crippen molar-refractivity contribution in [3.63, 3.8) is 0 Å².